The highest BCUT2D eigenvalue weighted by atomic mass is 15.2. The molecule has 1 aliphatic heterocycles. The number of benzene rings is 1. The Balaban J connectivity index is 2.22. The molecule has 1 aromatic rings. The topological polar surface area (TPSA) is 3.24 Å². The number of hydrogen-bond donors (Lipinski definition) is 0. The minimum absolute atomic E-state index is 0.742. The van der Waals surface area contributed by atoms with Gasteiger partial charge in [-0.25, -0.2) is 0 Å². The van der Waals surface area contributed by atoms with E-state index in [0.717, 1.165) is 12.0 Å². The zero-order valence-electron chi connectivity index (χ0n) is 10.0. The van der Waals surface area contributed by atoms with E-state index in [0.29, 0.717) is 0 Å². The molecule has 1 saturated heterocycles. The summed E-state index contributed by atoms with van der Waals surface area (Å²) in [5.41, 5.74) is 2.77. The first-order chi connectivity index (χ1) is 7.18. The third-order valence-electron chi connectivity index (χ3n) is 3.40. The first-order valence-electron chi connectivity index (χ1n) is 6.02. The molecule has 82 valence electrons. The van der Waals surface area contributed by atoms with Crippen molar-refractivity contribution in [3.63, 3.8) is 0 Å². The zero-order chi connectivity index (χ0) is 10.8. The van der Waals surface area contributed by atoms with Crippen LogP contribution in [-0.2, 0) is 0 Å². The molecule has 2 rings (SSSR count). The Morgan fingerprint density at radius 3 is 2.80 bits per heavy atom. The molecule has 1 aromatic carbocycles. The van der Waals surface area contributed by atoms with E-state index in [4.69, 9.17) is 0 Å². The van der Waals surface area contributed by atoms with E-state index in [1.165, 1.54) is 30.6 Å². The number of anilines is 1. The van der Waals surface area contributed by atoms with Crippen molar-refractivity contribution in [3.05, 3.63) is 29.8 Å². The molecular formula is C14H21N. The van der Waals surface area contributed by atoms with E-state index < -0.39 is 0 Å². The molecule has 0 amide bonds. The molecule has 0 unspecified atom stereocenters. The molecule has 1 aliphatic rings. The minimum atomic E-state index is 0.742. The molecule has 0 bridgehead atoms. The van der Waals surface area contributed by atoms with E-state index in [-0.39, 0.29) is 0 Å². The largest absolute Gasteiger partial charge is 0.368 e. The van der Waals surface area contributed by atoms with Crippen LogP contribution in [0.25, 0.3) is 0 Å². The van der Waals surface area contributed by atoms with Gasteiger partial charge in [0, 0.05) is 18.3 Å². The summed E-state index contributed by atoms with van der Waals surface area (Å²) in [6.07, 6.45) is 2.70. The van der Waals surface area contributed by atoms with Crippen LogP contribution in [0, 0.1) is 12.8 Å². The summed E-state index contributed by atoms with van der Waals surface area (Å²) in [4.78, 5) is 2.58. The van der Waals surface area contributed by atoms with Gasteiger partial charge in [0.15, 0.2) is 0 Å². The standard InChI is InChI=1S/C14H21N/c1-11(2)14-8-5-9-15(14)13-7-4-6-12(3)10-13/h4,6-7,10-11,14H,5,8-9H2,1-3H3/t14-/m0/s1. The predicted octanol–water partition coefficient (Wildman–Crippen LogP) is 3.62. The van der Waals surface area contributed by atoms with Crippen molar-refractivity contribution in [3.8, 4) is 0 Å². The summed E-state index contributed by atoms with van der Waals surface area (Å²) in [7, 11) is 0. The Hall–Kier alpha value is -0.980. The van der Waals surface area contributed by atoms with E-state index in [1.807, 2.05) is 0 Å². The SMILES string of the molecule is Cc1cccc(N2CCC[C@H]2C(C)C)c1. The summed E-state index contributed by atoms with van der Waals surface area (Å²) in [5.74, 6) is 0.757. The summed E-state index contributed by atoms with van der Waals surface area (Å²) >= 11 is 0. The molecule has 0 spiro atoms. The third-order valence-corrected chi connectivity index (χ3v) is 3.40. The lowest BCUT2D eigenvalue weighted by Crippen LogP contribution is -2.33. The first-order valence-corrected chi connectivity index (χ1v) is 6.02. The van der Waals surface area contributed by atoms with Gasteiger partial charge in [-0.05, 0) is 43.4 Å². The molecule has 1 heteroatoms. The summed E-state index contributed by atoms with van der Waals surface area (Å²) in [6.45, 7) is 8.06. The maximum absolute atomic E-state index is 2.58. The molecule has 15 heavy (non-hydrogen) atoms. The highest BCUT2D eigenvalue weighted by Crippen LogP contribution is 2.29. The molecular weight excluding hydrogens is 182 g/mol. The Morgan fingerprint density at radius 2 is 2.13 bits per heavy atom. The Kier molecular flexibility index (Phi) is 2.99. The molecule has 1 nitrogen and oxygen atoms in total. The lowest BCUT2D eigenvalue weighted by atomic mass is 10.0. The second kappa shape index (κ2) is 4.26. The zero-order valence-corrected chi connectivity index (χ0v) is 10.0. The first kappa shape index (κ1) is 10.5. The van der Waals surface area contributed by atoms with Gasteiger partial charge < -0.3 is 4.90 Å². The van der Waals surface area contributed by atoms with Gasteiger partial charge in [-0.3, -0.25) is 0 Å². The van der Waals surface area contributed by atoms with Crippen LogP contribution in [0.1, 0.15) is 32.3 Å². The van der Waals surface area contributed by atoms with Gasteiger partial charge in [0.25, 0.3) is 0 Å². The van der Waals surface area contributed by atoms with Crippen LogP contribution in [0.4, 0.5) is 5.69 Å². The van der Waals surface area contributed by atoms with Crippen molar-refractivity contribution < 1.29 is 0 Å². The minimum Gasteiger partial charge on any atom is -0.368 e. The molecule has 1 atom stereocenters. The fraction of sp³-hybridized carbons (Fsp3) is 0.571. The van der Waals surface area contributed by atoms with Crippen molar-refractivity contribution in [2.75, 3.05) is 11.4 Å². The van der Waals surface area contributed by atoms with Gasteiger partial charge in [0.1, 0.15) is 0 Å². The van der Waals surface area contributed by atoms with Gasteiger partial charge >= 0.3 is 0 Å². The van der Waals surface area contributed by atoms with Gasteiger partial charge in [0.2, 0.25) is 0 Å². The predicted molar refractivity (Wildman–Crippen MR) is 66.4 cm³/mol. The van der Waals surface area contributed by atoms with E-state index in [1.54, 1.807) is 0 Å². The van der Waals surface area contributed by atoms with Crippen molar-refractivity contribution >= 4 is 5.69 Å². The monoisotopic (exact) mass is 203 g/mol. The molecule has 0 saturated carbocycles. The Bertz CT molecular complexity index is 330. The van der Waals surface area contributed by atoms with Crippen LogP contribution in [0.15, 0.2) is 24.3 Å². The van der Waals surface area contributed by atoms with E-state index >= 15 is 0 Å². The second-order valence-corrected chi connectivity index (χ2v) is 4.99. The summed E-state index contributed by atoms with van der Waals surface area (Å²) in [6, 6.07) is 9.63. The van der Waals surface area contributed by atoms with Crippen molar-refractivity contribution in [1.29, 1.82) is 0 Å². The molecule has 0 radical (unpaired) electrons. The quantitative estimate of drug-likeness (QED) is 0.709. The average molecular weight is 203 g/mol. The molecule has 1 fully saturated rings. The molecule has 0 N–H and O–H groups in total. The highest BCUT2D eigenvalue weighted by Gasteiger charge is 2.26. The van der Waals surface area contributed by atoms with Crippen LogP contribution < -0.4 is 4.90 Å². The summed E-state index contributed by atoms with van der Waals surface area (Å²) < 4.78 is 0. The van der Waals surface area contributed by atoms with Crippen molar-refractivity contribution in [1.82, 2.24) is 0 Å². The number of aryl methyl sites for hydroxylation is 1. The fourth-order valence-corrected chi connectivity index (χ4v) is 2.61. The van der Waals surface area contributed by atoms with Crippen LogP contribution >= 0.6 is 0 Å². The molecule has 0 aliphatic carbocycles. The number of hydrogen-bond acceptors (Lipinski definition) is 1. The van der Waals surface area contributed by atoms with Crippen LogP contribution in [-0.4, -0.2) is 12.6 Å². The second-order valence-electron chi connectivity index (χ2n) is 4.99. The maximum atomic E-state index is 2.58. The highest BCUT2D eigenvalue weighted by molar-refractivity contribution is 5.50. The van der Waals surface area contributed by atoms with E-state index in [2.05, 4.69) is 49.9 Å². The Morgan fingerprint density at radius 1 is 1.33 bits per heavy atom. The smallest absolute Gasteiger partial charge is 0.0371 e. The van der Waals surface area contributed by atoms with Crippen LogP contribution in [0.2, 0.25) is 0 Å². The lowest BCUT2D eigenvalue weighted by Gasteiger charge is -2.30. The number of nitrogens with zero attached hydrogens (tertiary/aromatic N) is 1. The van der Waals surface area contributed by atoms with Gasteiger partial charge in [-0.2, -0.15) is 0 Å². The maximum Gasteiger partial charge on any atom is 0.0371 e. The van der Waals surface area contributed by atoms with Gasteiger partial charge in [0.05, 0.1) is 0 Å². The van der Waals surface area contributed by atoms with Crippen molar-refractivity contribution in [2.45, 2.75) is 39.7 Å². The van der Waals surface area contributed by atoms with E-state index in [9.17, 15) is 0 Å². The number of rotatable bonds is 2. The van der Waals surface area contributed by atoms with Gasteiger partial charge in [-0.1, -0.05) is 26.0 Å². The lowest BCUT2D eigenvalue weighted by molar-refractivity contribution is 0.492. The summed E-state index contributed by atoms with van der Waals surface area (Å²) in [5, 5.41) is 0. The third kappa shape index (κ3) is 2.17. The van der Waals surface area contributed by atoms with Crippen LogP contribution in [0.5, 0.6) is 0 Å². The molecule has 0 aromatic heterocycles. The normalized spacial score (nSPS) is 21.3. The Labute approximate surface area is 93.1 Å². The van der Waals surface area contributed by atoms with Crippen molar-refractivity contribution in [2.24, 2.45) is 5.92 Å². The van der Waals surface area contributed by atoms with Crippen LogP contribution in [0.3, 0.4) is 0 Å². The average Bonchev–Trinajstić information content (AvgIpc) is 2.65. The molecule has 1 heterocycles. The van der Waals surface area contributed by atoms with Gasteiger partial charge in [-0.15, -0.1) is 0 Å². The fourth-order valence-electron chi connectivity index (χ4n) is 2.61.